The van der Waals surface area contributed by atoms with E-state index in [0.29, 0.717) is 0 Å². The second kappa shape index (κ2) is 6.16. The van der Waals surface area contributed by atoms with Crippen LogP contribution in [0.3, 0.4) is 0 Å². The van der Waals surface area contributed by atoms with Gasteiger partial charge in [-0.05, 0) is 77.8 Å². The predicted octanol–water partition coefficient (Wildman–Crippen LogP) is 7.21. The van der Waals surface area contributed by atoms with Crippen LogP contribution in [0.1, 0.15) is 80.8 Å². The first-order valence-electron chi connectivity index (χ1n) is 9.51. The number of rotatable bonds is 2. The summed E-state index contributed by atoms with van der Waals surface area (Å²) in [6, 6.07) is 13.7. The molecule has 0 amide bonds. The molecule has 3 rings (SSSR count). The Kier molecular flexibility index (Phi) is 4.43. The van der Waals surface area contributed by atoms with Crippen LogP contribution in [0.4, 0.5) is 0 Å². The van der Waals surface area contributed by atoms with Crippen molar-refractivity contribution in [1.82, 2.24) is 0 Å². The Morgan fingerprint density at radius 2 is 1.36 bits per heavy atom. The molecular formula is C25H32. The largest absolute Gasteiger partial charge is 0.0587 e. The highest BCUT2D eigenvalue weighted by Crippen LogP contribution is 2.47. The lowest BCUT2D eigenvalue weighted by molar-refractivity contribution is 0.331. The number of hydrogen-bond donors (Lipinski definition) is 0. The molecule has 2 aromatic rings. The molecular weight excluding hydrogens is 300 g/mol. The molecule has 0 saturated heterocycles. The topological polar surface area (TPSA) is 0 Å². The quantitative estimate of drug-likeness (QED) is 0.509. The van der Waals surface area contributed by atoms with Gasteiger partial charge >= 0.3 is 0 Å². The fraction of sp³-hybridized carbons (Fsp3) is 0.440. The van der Waals surface area contributed by atoms with Crippen LogP contribution in [-0.4, -0.2) is 0 Å². The van der Waals surface area contributed by atoms with Gasteiger partial charge < -0.3 is 0 Å². The monoisotopic (exact) mass is 332 g/mol. The van der Waals surface area contributed by atoms with Gasteiger partial charge in [0.25, 0.3) is 0 Å². The van der Waals surface area contributed by atoms with E-state index in [-0.39, 0.29) is 10.8 Å². The minimum absolute atomic E-state index is 0.261. The van der Waals surface area contributed by atoms with Crippen molar-refractivity contribution in [3.8, 4) is 0 Å². The molecule has 0 aromatic heterocycles. The summed E-state index contributed by atoms with van der Waals surface area (Å²) in [5.41, 5.74) is 10.4. The summed E-state index contributed by atoms with van der Waals surface area (Å²) < 4.78 is 0. The Labute approximate surface area is 154 Å². The highest BCUT2D eigenvalue weighted by Gasteiger charge is 2.37. The third-order valence-corrected chi connectivity index (χ3v) is 6.08. The number of benzene rings is 2. The molecule has 0 unspecified atom stereocenters. The molecule has 1 aliphatic rings. The van der Waals surface area contributed by atoms with E-state index in [1.54, 1.807) is 11.1 Å². The summed E-state index contributed by atoms with van der Waals surface area (Å²) in [6.45, 7) is 16.2. The Balaban J connectivity index is 2.10. The molecule has 0 heteroatoms. The van der Waals surface area contributed by atoms with Crippen LogP contribution >= 0.6 is 0 Å². The van der Waals surface area contributed by atoms with Crippen LogP contribution in [0.25, 0.3) is 11.6 Å². The molecule has 0 radical (unpaired) electrons. The molecule has 0 saturated carbocycles. The first-order chi connectivity index (χ1) is 11.6. The van der Waals surface area contributed by atoms with E-state index in [1.165, 1.54) is 40.7 Å². The Hall–Kier alpha value is -1.82. The Morgan fingerprint density at radius 3 is 1.92 bits per heavy atom. The molecule has 0 heterocycles. The standard InChI is InChI=1S/C25H32/c1-17-8-10-20(11-9-17)14-18(2)21-16-23-22(15-19(21)3)24(4,5)12-13-25(23,6)7/h8-11,14-16H,12-13H2,1-7H3/b18-14+. The minimum Gasteiger partial charge on any atom is -0.0587 e. The molecule has 0 atom stereocenters. The lowest BCUT2D eigenvalue weighted by Crippen LogP contribution is -2.34. The highest BCUT2D eigenvalue weighted by molar-refractivity contribution is 5.82. The SMILES string of the molecule is C/C(=C\c1ccc(C)cc1)c1cc2c(cc1C)C(C)(C)CCC2(C)C. The smallest absolute Gasteiger partial charge is 0.0100 e. The van der Waals surface area contributed by atoms with Gasteiger partial charge in [0.2, 0.25) is 0 Å². The number of hydrogen-bond acceptors (Lipinski definition) is 0. The Bertz CT molecular complexity index is 814. The summed E-state index contributed by atoms with van der Waals surface area (Å²) >= 11 is 0. The first kappa shape index (κ1) is 18.0. The zero-order valence-corrected chi connectivity index (χ0v) is 17.0. The van der Waals surface area contributed by atoms with E-state index in [1.807, 2.05) is 0 Å². The van der Waals surface area contributed by atoms with Gasteiger partial charge in [-0.25, -0.2) is 0 Å². The summed E-state index contributed by atoms with van der Waals surface area (Å²) in [5, 5.41) is 0. The van der Waals surface area contributed by atoms with E-state index >= 15 is 0 Å². The van der Waals surface area contributed by atoms with Crippen LogP contribution in [0, 0.1) is 13.8 Å². The van der Waals surface area contributed by atoms with Gasteiger partial charge in [-0.15, -0.1) is 0 Å². The second-order valence-corrected chi connectivity index (χ2v) is 9.22. The third-order valence-electron chi connectivity index (χ3n) is 6.08. The van der Waals surface area contributed by atoms with Crippen molar-refractivity contribution in [2.24, 2.45) is 0 Å². The maximum absolute atomic E-state index is 2.48. The van der Waals surface area contributed by atoms with E-state index in [4.69, 9.17) is 0 Å². The van der Waals surface area contributed by atoms with Gasteiger partial charge in [-0.2, -0.15) is 0 Å². The van der Waals surface area contributed by atoms with Crippen LogP contribution in [0.15, 0.2) is 36.4 Å². The summed E-state index contributed by atoms with van der Waals surface area (Å²) in [6.07, 6.45) is 4.84. The predicted molar refractivity (Wildman–Crippen MR) is 111 cm³/mol. The van der Waals surface area contributed by atoms with Crippen molar-refractivity contribution in [2.75, 3.05) is 0 Å². The van der Waals surface area contributed by atoms with Crippen LogP contribution < -0.4 is 0 Å². The second-order valence-electron chi connectivity index (χ2n) is 9.22. The molecule has 1 aliphatic carbocycles. The minimum atomic E-state index is 0.261. The zero-order chi connectivity index (χ0) is 18.4. The third kappa shape index (κ3) is 3.45. The molecule has 25 heavy (non-hydrogen) atoms. The Morgan fingerprint density at radius 1 is 0.840 bits per heavy atom. The summed E-state index contributed by atoms with van der Waals surface area (Å²) in [5.74, 6) is 0. The lowest BCUT2D eigenvalue weighted by Gasteiger charge is -2.42. The van der Waals surface area contributed by atoms with E-state index in [2.05, 4.69) is 90.9 Å². The van der Waals surface area contributed by atoms with E-state index in [9.17, 15) is 0 Å². The molecule has 2 aromatic carbocycles. The lowest BCUT2D eigenvalue weighted by atomic mass is 9.62. The average molecular weight is 333 g/mol. The molecule has 0 spiro atoms. The molecule has 0 fully saturated rings. The van der Waals surface area contributed by atoms with Gasteiger partial charge in [0.15, 0.2) is 0 Å². The number of aryl methyl sites for hydroxylation is 2. The van der Waals surface area contributed by atoms with Gasteiger partial charge in [-0.1, -0.05) is 75.7 Å². The van der Waals surface area contributed by atoms with Crippen LogP contribution in [0.5, 0.6) is 0 Å². The zero-order valence-electron chi connectivity index (χ0n) is 17.0. The van der Waals surface area contributed by atoms with Crippen molar-refractivity contribution in [3.63, 3.8) is 0 Å². The van der Waals surface area contributed by atoms with Crippen molar-refractivity contribution < 1.29 is 0 Å². The van der Waals surface area contributed by atoms with Gasteiger partial charge in [0, 0.05) is 0 Å². The van der Waals surface area contributed by atoms with Crippen LogP contribution in [-0.2, 0) is 10.8 Å². The van der Waals surface area contributed by atoms with E-state index in [0.717, 1.165) is 0 Å². The van der Waals surface area contributed by atoms with Crippen molar-refractivity contribution in [3.05, 3.63) is 69.8 Å². The van der Waals surface area contributed by atoms with Crippen molar-refractivity contribution in [1.29, 1.82) is 0 Å². The highest BCUT2D eigenvalue weighted by atomic mass is 14.4. The maximum atomic E-state index is 2.48. The summed E-state index contributed by atoms with van der Waals surface area (Å²) in [4.78, 5) is 0. The summed E-state index contributed by atoms with van der Waals surface area (Å²) in [7, 11) is 0. The van der Waals surface area contributed by atoms with Crippen LogP contribution in [0.2, 0.25) is 0 Å². The van der Waals surface area contributed by atoms with Crippen molar-refractivity contribution >= 4 is 11.6 Å². The fourth-order valence-corrected chi connectivity index (χ4v) is 4.14. The molecule has 132 valence electrons. The molecule has 0 bridgehead atoms. The molecule has 0 nitrogen and oxygen atoms in total. The number of fused-ring (bicyclic) bond motifs is 1. The van der Waals surface area contributed by atoms with Crippen molar-refractivity contribution in [2.45, 2.75) is 72.1 Å². The average Bonchev–Trinajstić information content (AvgIpc) is 2.54. The normalized spacial score (nSPS) is 18.8. The molecule has 0 aliphatic heterocycles. The van der Waals surface area contributed by atoms with Gasteiger partial charge in [0.1, 0.15) is 0 Å². The fourth-order valence-electron chi connectivity index (χ4n) is 4.14. The van der Waals surface area contributed by atoms with Gasteiger partial charge in [-0.3, -0.25) is 0 Å². The number of allylic oxidation sites excluding steroid dienone is 1. The first-order valence-corrected chi connectivity index (χ1v) is 9.51. The maximum Gasteiger partial charge on any atom is -0.0100 e. The molecule has 0 N–H and O–H groups in total. The van der Waals surface area contributed by atoms with Gasteiger partial charge in [0.05, 0.1) is 0 Å². The van der Waals surface area contributed by atoms with E-state index < -0.39 is 0 Å².